The minimum atomic E-state index is -0.305. The second-order valence-corrected chi connectivity index (χ2v) is 11.1. The molecule has 0 unspecified atom stereocenters. The van der Waals surface area contributed by atoms with Crippen LogP contribution >= 0.6 is 11.6 Å². The molecule has 4 aromatic carbocycles. The van der Waals surface area contributed by atoms with Gasteiger partial charge in [0.2, 0.25) is 0 Å². The summed E-state index contributed by atoms with van der Waals surface area (Å²) in [6, 6.07) is 26.7. The SMILES string of the molecule is CN1CCN(c2ccc(N/C=C3/C(=O)Nc4cc(C(=O)c5cccc(NC(=O)c6ccc(Cl)cc6)c5)ccc43)cc2)CC1. The van der Waals surface area contributed by atoms with Crippen molar-refractivity contribution < 1.29 is 14.4 Å². The Kier molecular flexibility index (Phi) is 7.96. The normalized spacial score (nSPS) is 15.6. The highest BCUT2D eigenvalue weighted by molar-refractivity contribution is 6.32. The minimum Gasteiger partial charge on any atom is -0.369 e. The van der Waals surface area contributed by atoms with E-state index in [9.17, 15) is 14.4 Å². The van der Waals surface area contributed by atoms with Crippen LogP contribution in [0.25, 0.3) is 5.57 Å². The van der Waals surface area contributed by atoms with Crippen molar-refractivity contribution in [1.29, 1.82) is 0 Å². The van der Waals surface area contributed by atoms with Crippen LogP contribution in [0.4, 0.5) is 22.7 Å². The van der Waals surface area contributed by atoms with E-state index in [1.165, 1.54) is 5.69 Å². The summed E-state index contributed by atoms with van der Waals surface area (Å²) in [7, 11) is 2.14. The lowest BCUT2D eigenvalue weighted by atomic mass is 9.99. The molecule has 9 heteroatoms. The van der Waals surface area contributed by atoms with Crippen molar-refractivity contribution in [3.8, 4) is 0 Å². The Morgan fingerprint density at radius 2 is 1.51 bits per heavy atom. The van der Waals surface area contributed by atoms with Crippen LogP contribution in [0.5, 0.6) is 0 Å². The quantitative estimate of drug-likeness (QED) is 0.181. The number of anilines is 4. The molecule has 2 aliphatic heterocycles. The Hall–Kier alpha value is -4.92. The van der Waals surface area contributed by atoms with Gasteiger partial charge in [-0.15, -0.1) is 0 Å². The molecule has 0 aromatic heterocycles. The number of amides is 2. The van der Waals surface area contributed by atoms with Gasteiger partial charge < -0.3 is 25.8 Å². The molecule has 2 heterocycles. The van der Waals surface area contributed by atoms with Crippen molar-refractivity contribution in [2.24, 2.45) is 0 Å². The smallest absolute Gasteiger partial charge is 0.257 e. The number of hydrogen-bond donors (Lipinski definition) is 3. The fourth-order valence-electron chi connectivity index (χ4n) is 5.18. The van der Waals surface area contributed by atoms with Crippen molar-refractivity contribution in [1.82, 2.24) is 4.90 Å². The highest BCUT2D eigenvalue weighted by Gasteiger charge is 2.25. The zero-order chi connectivity index (χ0) is 29.9. The van der Waals surface area contributed by atoms with Gasteiger partial charge in [0.25, 0.3) is 11.8 Å². The first-order valence-electron chi connectivity index (χ1n) is 14.0. The lowest BCUT2D eigenvalue weighted by Gasteiger charge is -2.34. The molecule has 0 atom stereocenters. The lowest BCUT2D eigenvalue weighted by Crippen LogP contribution is -2.44. The number of hydrogen-bond acceptors (Lipinski definition) is 6. The summed E-state index contributed by atoms with van der Waals surface area (Å²) >= 11 is 5.91. The monoisotopic (exact) mass is 591 g/mol. The number of nitrogens with zero attached hydrogens (tertiary/aromatic N) is 2. The van der Waals surface area contributed by atoms with Crippen LogP contribution in [0.15, 0.2) is 97.2 Å². The van der Waals surface area contributed by atoms with Gasteiger partial charge in [0, 0.05) is 82.4 Å². The zero-order valence-electron chi connectivity index (χ0n) is 23.6. The Labute approximate surface area is 255 Å². The van der Waals surface area contributed by atoms with E-state index in [-0.39, 0.29) is 17.6 Å². The van der Waals surface area contributed by atoms with E-state index >= 15 is 0 Å². The van der Waals surface area contributed by atoms with Crippen LogP contribution < -0.4 is 20.9 Å². The number of ketones is 1. The summed E-state index contributed by atoms with van der Waals surface area (Å²) in [5.41, 5.74) is 5.62. The van der Waals surface area contributed by atoms with Crippen LogP contribution in [0.3, 0.4) is 0 Å². The average molecular weight is 592 g/mol. The van der Waals surface area contributed by atoms with Crippen molar-refractivity contribution in [2.45, 2.75) is 0 Å². The molecule has 0 spiro atoms. The first kappa shape index (κ1) is 28.2. The summed E-state index contributed by atoms with van der Waals surface area (Å²) in [4.78, 5) is 43.5. The number of carbonyl (C=O) groups excluding carboxylic acids is 3. The summed E-state index contributed by atoms with van der Waals surface area (Å²) in [6.07, 6.45) is 1.69. The van der Waals surface area contributed by atoms with Gasteiger partial charge in [-0.2, -0.15) is 0 Å². The third-order valence-corrected chi connectivity index (χ3v) is 7.92. The number of benzene rings is 4. The maximum absolute atomic E-state index is 13.4. The molecule has 43 heavy (non-hydrogen) atoms. The molecule has 0 saturated carbocycles. The molecular formula is C34H30ClN5O3. The van der Waals surface area contributed by atoms with E-state index in [1.54, 1.807) is 72.9 Å². The first-order chi connectivity index (χ1) is 20.8. The maximum atomic E-state index is 13.4. The number of nitrogens with one attached hydrogen (secondary N) is 3. The molecule has 1 saturated heterocycles. The van der Waals surface area contributed by atoms with Crippen LogP contribution in [0, 0.1) is 0 Å². The number of fused-ring (bicyclic) bond motifs is 1. The van der Waals surface area contributed by atoms with E-state index < -0.39 is 0 Å². The number of halogens is 1. The second-order valence-electron chi connectivity index (χ2n) is 10.6. The summed E-state index contributed by atoms with van der Waals surface area (Å²) in [5.74, 6) is -0.774. The summed E-state index contributed by atoms with van der Waals surface area (Å²) in [6.45, 7) is 4.09. The topological polar surface area (TPSA) is 93.8 Å². The van der Waals surface area contributed by atoms with Gasteiger partial charge >= 0.3 is 0 Å². The Balaban J connectivity index is 1.13. The molecule has 3 N–H and O–H groups in total. The largest absolute Gasteiger partial charge is 0.369 e. The van der Waals surface area contributed by atoms with Crippen LogP contribution in [-0.4, -0.2) is 55.7 Å². The van der Waals surface area contributed by atoms with Gasteiger partial charge in [-0.1, -0.05) is 35.9 Å². The molecule has 4 aromatic rings. The van der Waals surface area contributed by atoms with E-state index in [4.69, 9.17) is 11.6 Å². The van der Waals surface area contributed by atoms with Gasteiger partial charge in [0.15, 0.2) is 5.78 Å². The first-order valence-corrected chi connectivity index (χ1v) is 14.4. The van der Waals surface area contributed by atoms with Gasteiger partial charge in [-0.05, 0) is 73.8 Å². The van der Waals surface area contributed by atoms with E-state index in [2.05, 4.69) is 44.9 Å². The van der Waals surface area contributed by atoms with E-state index in [0.717, 1.165) is 31.9 Å². The van der Waals surface area contributed by atoms with Gasteiger partial charge in [-0.25, -0.2) is 0 Å². The van der Waals surface area contributed by atoms with Crippen LogP contribution in [0.1, 0.15) is 31.8 Å². The number of carbonyl (C=O) groups is 3. The highest BCUT2D eigenvalue weighted by atomic mass is 35.5. The molecule has 2 aliphatic rings. The van der Waals surface area contributed by atoms with Crippen LogP contribution in [0.2, 0.25) is 5.02 Å². The Bertz CT molecular complexity index is 1730. The molecule has 8 nitrogen and oxygen atoms in total. The van der Waals surface area contributed by atoms with Gasteiger partial charge in [0.05, 0.1) is 5.57 Å². The predicted octanol–water partition coefficient (Wildman–Crippen LogP) is 5.98. The number of likely N-dealkylation sites (N-methyl/N-ethyl adjacent to an activating group) is 1. The average Bonchev–Trinajstić information content (AvgIpc) is 3.34. The molecule has 2 amide bonds. The number of rotatable bonds is 7. The third-order valence-electron chi connectivity index (χ3n) is 7.67. The molecular weight excluding hydrogens is 562 g/mol. The number of piperazine rings is 1. The molecule has 0 bridgehead atoms. The maximum Gasteiger partial charge on any atom is 0.257 e. The molecule has 6 rings (SSSR count). The van der Waals surface area contributed by atoms with E-state index in [0.29, 0.717) is 44.2 Å². The highest BCUT2D eigenvalue weighted by Crippen LogP contribution is 2.33. The van der Waals surface area contributed by atoms with Crippen molar-refractivity contribution in [3.63, 3.8) is 0 Å². The standard InChI is InChI=1S/C34H30ClN5O3/c1-39-15-17-40(18-16-39)28-12-10-26(11-13-28)36-21-30-29-14-7-24(20-31(29)38-34(30)43)32(41)23-3-2-4-27(19-23)37-33(42)22-5-8-25(35)9-6-22/h2-14,19-21,36H,15-18H2,1H3,(H,37,42)(H,38,43)/b30-21+. The minimum absolute atomic E-state index is 0.226. The van der Waals surface area contributed by atoms with Crippen LogP contribution in [-0.2, 0) is 4.79 Å². The zero-order valence-corrected chi connectivity index (χ0v) is 24.3. The lowest BCUT2D eigenvalue weighted by molar-refractivity contribution is -0.110. The van der Waals surface area contributed by atoms with Crippen molar-refractivity contribution in [2.75, 3.05) is 54.1 Å². The van der Waals surface area contributed by atoms with Crippen molar-refractivity contribution >= 4 is 57.5 Å². The molecule has 0 aliphatic carbocycles. The fourth-order valence-corrected chi connectivity index (χ4v) is 5.30. The second kappa shape index (κ2) is 12.1. The molecule has 1 fully saturated rings. The Morgan fingerprint density at radius 3 is 2.26 bits per heavy atom. The summed E-state index contributed by atoms with van der Waals surface area (Å²) < 4.78 is 0. The molecule has 0 radical (unpaired) electrons. The fraction of sp³-hybridized carbons (Fsp3) is 0.147. The van der Waals surface area contributed by atoms with Crippen molar-refractivity contribution in [3.05, 3.63) is 124 Å². The molecule has 216 valence electrons. The third kappa shape index (κ3) is 6.30. The van der Waals surface area contributed by atoms with E-state index in [1.807, 2.05) is 12.1 Å². The Morgan fingerprint density at radius 1 is 0.814 bits per heavy atom. The van der Waals surface area contributed by atoms with Gasteiger partial charge in [0.1, 0.15) is 0 Å². The predicted molar refractivity (Wildman–Crippen MR) is 172 cm³/mol. The van der Waals surface area contributed by atoms with Gasteiger partial charge in [-0.3, -0.25) is 14.4 Å². The summed E-state index contributed by atoms with van der Waals surface area (Å²) in [5, 5.41) is 9.46.